The lowest BCUT2D eigenvalue weighted by Gasteiger charge is -2.23. The van der Waals surface area contributed by atoms with Gasteiger partial charge in [-0.1, -0.05) is 11.6 Å². The normalized spacial score (nSPS) is 15.1. The number of Topliss-reactive ketones (excluding diaryl/α,β-unsaturated/α-hetero) is 1. The third kappa shape index (κ3) is 2.94. The number of carbonyl (C=O) groups excluding carboxylic acids is 1. The Morgan fingerprint density at radius 2 is 1.96 bits per heavy atom. The summed E-state index contributed by atoms with van der Waals surface area (Å²) >= 11 is 6.37. The first-order valence-corrected chi connectivity index (χ1v) is 9.56. The molecule has 1 aromatic heterocycles. The topological polar surface area (TPSA) is 52.4 Å². The van der Waals surface area contributed by atoms with Crippen molar-refractivity contribution in [1.29, 1.82) is 0 Å². The van der Waals surface area contributed by atoms with E-state index in [1.54, 1.807) is 6.07 Å². The Morgan fingerprint density at radius 3 is 2.64 bits per heavy atom. The Morgan fingerprint density at radius 1 is 1.25 bits per heavy atom. The minimum atomic E-state index is -0.555. The summed E-state index contributed by atoms with van der Waals surface area (Å²) in [5.74, 6) is -0.255. The van der Waals surface area contributed by atoms with Crippen molar-refractivity contribution in [3.05, 3.63) is 58.3 Å². The Labute approximate surface area is 167 Å². The van der Waals surface area contributed by atoms with Crippen LogP contribution in [0.5, 0.6) is 0 Å². The molecule has 0 unspecified atom stereocenters. The minimum absolute atomic E-state index is 0.0826. The molecule has 3 aromatic rings. The fourth-order valence-corrected chi connectivity index (χ4v) is 4.26. The van der Waals surface area contributed by atoms with Gasteiger partial charge in [-0.3, -0.25) is 4.79 Å². The van der Waals surface area contributed by atoms with E-state index < -0.39 is 5.82 Å². The number of nitrogens with zero attached hydrogens (tertiary/aromatic N) is 2. The van der Waals surface area contributed by atoms with E-state index in [-0.39, 0.29) is 16.8 Å². The van der Waals surface area contributed by atoms with E-state index >= 15 is 0 Å². The first-order chi connectivity index (χ1) is 13.4. The van der Waals surface area contributed by atoms with Gasteiger partial charge < -0.3 is 10.3 Å². The highest BCUT2D eigenvalue weighted by molar-refractivity contribution is 6.36. The number of carbonyl (C=O) groups is 1. The first-order valence-electron chi connectivity index (χ1n) is 9.19. The largest absolute Gasteiger partial charge is 0.395 e. The Kier molecular flexibility index (Phi) is 4.60. The molecule has 6 heteroatoms. The predicted octanol–water partition coefficient (Wildman–Crippen LogP) is 6.23. The molecule has 0 aliphatic heterocycles. The number of nitrogens with two attached hydrogens (primary N) is 1. The number of halogens is 2. The lowest BCUT2D eigenvalue weighted by Crippen LogP contribution is -2.17. The summed E-state index contributed by atoms with van der Waals surface area (Å²) in [5, 5.41) is 1.05. The van der Waals surface area contributed by atoms with E-state index in [9.17, 15) is 9.18 Å². The van der Waals surface area contributed by atoms with Crippen molar-refractivity contribution in [3.63, 3.8) is 0 Å². The van der Waals surface area contributed by atoms with Crippen molar-refractivity contribution in [1.82, 2.24) is 4.57 Å². The third-order valence-corrected chi connectivity index (χ3v) is 6.00. The summed E-state index contributed by atoms with van der Waals surface area (Å²) in [4.78, 5) is 15.3. The van der Waals surface area contributed by atoms with Crippen LogP contribution in [0.3, 0.4) is 0 Å². The van der Waals surface area contributed by atoms with Gasteiger partial charge in [-0.05, 0) is 55.0 Å². The van der Waals surface area contributed by atoms with Crippen molar-refractivity contribution in [3.8, 4) is 11.1 Å². The van der Waals surface area contributed by atoms with Gasteiger partial charge >= 0.3 is 0 Å². The zero-order valence-corrected chi connectivity index (χ0v) is 16.2. The second-order valence-electron chi connectivity index (χ2n) is 7.31. The summed E-state index contributed by atoms with van der Waals surface area (Å²) in [5.41, 5.74) is 9.62. The van der Waals surface area contributed by atoms with Crippen LogP contribution in [-0.2, 0) is 4.79 Å². The van der Waals surface area contributed by atoms with Crippen molar-refractivity contribution in [2.75, 3.05) is 5.73 Å². The van der Waals surface area contributed by atoms with Crippen LogP contribution in [0.25, 0.3) is 26.9 Å². The number of hydrogen-bond donors (Lipinski definition) is 1. The van der Waals surface area contributed by atoms with Crippen molar-refractivity contribution in [2.24, 2.45) is 0 Å². The van der Waals surface area contributed by atoms with Gasteiger partial charge in [0.15, 0.2) is 5.69 Å². The molecule has 1 aliphatic carbocycles. The van der Waals surface area contributed by atoms with E-state index in [2.05, 4.69) is 9.41 Å². The lowest BCUT2D eigenvalue weighted by atomic mass is 9.94. The molecule has 0 saturated heterocycles. The maximum Gasteiger partial charge on any atom is 0.190 e. The molecule has 0 atom stereocenters. The van der Waals surface area contributed by atoms with Gasteiger partial charge in [0.2, 0.25) is 0 Å². The molecule has 4 nitrogen and oxygen atoms in total. The molecule has 2 aromatic carbocycles. The van der Waals surface area contributed by atoms with Crippen LogP contribution < -0.4 is 5.73 Å². The quantitative estimate of drug-likeness (QED) is 0.413. The molecule has 1 heterocycles. The van der Waals surface area contributed by atoms with Gasteiger partial charge in [0.25, 0.3) is 0 Å². The van der Waals surface area contributed by atoms with Gasteiger partial charge in [0, 0.05) is 41.7 Å². The fourth-order valence-electron chi connectivity index (χ4n) is 4.01. The Bertz CT molecular complexity index is 1150. The van der Waals surface area contributed by atoms with Crippen LogP contribution in [-0.4, -0.2) is 10.4 Å². The molecule has 28 heavy (non-hydrogen) atoms. The molecule has 1 aliphatic rings. The number of hydrogen-bond acceptors (Lipinski definition) is 2. The SMILES string of the molecule is [C-]#[N+]c1cc2c(-c3ccc(F)c(N)c3Cl)cn(C3CCC(=O)CC3)c2cc1C. The highest BCUT2D eigenvalue weighted by atomic mass is 35.5. The summed E-state index contributed by atoms with van der Waals surface area (Å²) in [7, 11) is 0. The number of nitrogen functional groups attached to an aromatic ring is 1. The van der Waals surface area contributed by atoms with E-state index in [1.807, 2.05) is 25.3 Å². The monoisotopic (exact) mass is 395 g/mol. The van der Waals surface area contributed by atoms with Crippen molar-refractivity contribution < 1.29 is 9.18 Å². The summed E-state index contributed by atoms with van der Waals surface area (Å²) in [6.07, 6.45) is 4.71. The fraction of sp³-hybridized carbons (Fsp3) is 0.273. The summed E-state index contributed by atoms with van der Waals surface area (Å²) in [6, 6.07) is 6.98. The average molecular weight is 396 g/mol. The second kappa shape index (κ2) is 6.96. The number of aryl methyl sites for hydroxylation is 1. The number of ketones is 1. The molecule has 4 rings (SSSR count). The van der Waals surface area contributed by atoms with Crippen molar-refractivity contribution in [2.45, 2.75) is 38.6 Å². The highest BCUT2D eigenvalue weighted by Crippen LogP contribution is 2.42. The maximum atomic E-state index is 13.8. The molecule has 1 fully saturated rings. The zero-order chi connectivity index (χ0) is 20.0. The van der Waals surface area contributed by atoms with Crippen molar-refractivity contribution >= 4 is 39.7 Å². The number of fused-ring (bicyclic) bond motifs is 1. The Hall–Kier alpha value is -2.84. The lowest BCUT2D eigenvalue weighted by molar-refractivity contribution is -0.120. The second-order valence-corrected chi connectivity index (χ2v) is 7.69. The zero-order valence-electron chi connectivity index (χ0n) is 15.4. The van der Waals surface area contributed by atoms with E-state index in [0.717, 1.165) is 34.9 Å². The summed E-state index contributed by atoms with van der Waals surface area (Å²) in [6.45, 7) is 9.36. The molecule has 1 saturated carbocycles. The van der Waals surface area contributed by atoms with Crippen LogP contribution in [0.15, 0.2) is 30.5 Å². The molecule has 142 valence electrons. The molecule has 2 N–H and O–H groups in total. The van der Waals surface area contributed by atoms with Gasteiger partial charge in [-0.25, -0.2) is 9.24 Å². The molecular formula is C22H19ClFN3O. The summed E-state index contributed by atoms with van der Waals surface area (Å²) < 4.78 is 16.0. The highest BCUT2D eigenvalue weighted by Gasteiger charge is 2.24. The first kappa shape index (κ1) is 18.5. The third-order valence-electron chi connectivity index (χ3n) is 5.59. The Balaban J connectivity index is 1.97. The van der Waals surface area contributed by atoms with Crippen LogP contribution in [0.2, 0.25) is 5.02 Å². The molecule has 0 spiro atoms. The number of benzene rings is 2. The number of anilines is 1. The van der Waals surface area contributed by atoms with Crippen LogP contribution in [0.4, 0.5) is 15.8 Å². The molecule has 0 amide bonds. The van der Waals surface area contributed by atoms with Crippen LogP contribution >= 0.6 is 11.6 Å². The number of aromatic nitrogens is 1. The van der Waals surface area contributed by atoms with Gasteiger partial charge in [-0.15, -0.1) is 0 Å². The standard InChI is InChI=1S/C22H19ClFN3O/c1-12-9-20-16(10-19(12)26-2)17(15-7-8-18(24)22(25)21(15)23)11-27(20)13-3-5-14(28)6-4-13/h7-11,13H,3-6,25H2,1H3. The minimum Gasteiger partial charge on any atom is -0.395 e. The number of rotatable bonds is 2. The maximum absolute atomic E-state index is 13.8. The van der Waals surface area contributed by atoms with Gasteiger partial charge in [-0.2, -0.15) is 0 Å². The average Bonchev–Trinajstić information content (AvgIpc) is 3.04. The molecular weight excluding hydrogens is 377 g/mol. The van der Waals surface area contributed by atoms with E-state index in [1.165, 1.54) is 6.07 Å². The smallest absolute Gasteiger partial charge is 0.190 e. The van der Waals surface area contributed by atoms with Crippen LogP contribution in [0, 0.1) is 19.3 Å². The van der Waals surface area contributed by atoms with E-state index in [4.69, 9.17) is 23.9 Å². The van der Waals surface area contributed by atoms with Gasteiger partial charge in [0.05, 0.1) is 17.3 Å². The van der Waals surface area contributed by atoms with Crippen LogP contribution in [0.1, 0.15) is 37.3 Å². The van der Waals surface area contributed by atoms with E-state index in [0.29, 0.717) is 29.9 Å². The molecule has 0 bridgehead atoms. The predicted molar refractivity (Wildman–Crippen MR) is 110 cm³/mol. The molecule has 0 radical (unpaired) electrons. The van der Waals surface area contributed by atoms with Gasteiger partial charge in [0.1, 0.15) is 11.6 Å².